The van der Waals surface area contributed by atoms with E-state index in [1.165, 1.54) is 12.3 Å². The summed E-state index contributed by atoms with van der Waals surface area (Å²) in [6.07, 6.45) is 0.962. The molecule has 3 heterocycles. The Kier molecular flexibility index (Phi) is 6.36. The van der Waals surface area contributed by atoms with Gasteiger partial charge in [0.2, 0.25) is 5.91 Å². The van der Waals surface area contributed by atoms with Gasteiger partial charge in [-0.15, -0.1) is 0 Å². The summed E-state index contributed by atoms with van der Waals surface area (Å²) >= 11 is 6.40. The number of amides is 1. The van der Waals surface area contributed by atoms with Crippen molar-refractivity contribution in [1.29, 1.82) is 0 Å². The molecule has 0 aromatic carbocycles. The molecule has 1 amide bonds. The summed E-state index contributed by atoms with van der Waals surface area (Å²) in [5.74, 6) is 0.258. The lowest BCUT2D eigenvalue weighted by molar-refractivity contribution is -0.117. The van der Waals surface area contributed by atoms with Gasteiger partial charge in [0.1, 0.15) is 5.69 Å². The highest BCUT2D eigenvalue weighted by molar-refractivity contribution is 6.33. The third-order valence-electron chi connectivity index (χ3n) is 4.61. The summed E-state index contributed by atoms with van der Waals surface area (Å²) in [4.78, 5) is 22.8. The quantitative estimate of drug-likeness (QED) is 0.701. The van der Waals surface area contributed by atoms with Crippen molar-refractivity contribution >= 4 is 29.0 Å². The topological polar surface area (TPSA) is 58.1 Å². The van der Waals surface area contributed by atoms with Crippen LogP contribution in [0.3, 0.4) is 0 Å². The van der Waals surface area contributed by atoms with Crippen molar-refractivity contribution in [3.63, 3.8) is 0 Å². The van der Waals surface area contributed by atoms with Crippen molar-refractivity contribution in [2.75, 3.05) is 16.8 Å². The van der Waals surface area contributed by atoms with E-state index in [0.717, 1.165) is 36.3 Å². The van der Waals surface area contributed by atoms with E-state index in [-0.39, 0.29) is 17.0 Å². The number of alkyl halides is 2. The van der Waals surface area contributed by atoms with Crippen LogP contribution in [0.4, 0.5) is 20.3 Å². The fourth-order valence-electron chi connectivity index (χ4n) is 3.32. The minimum absolute atomic E-state index is 0.121. The minimum atomic E-state index is -2.57. The largest absolute Gasteiger partial charge is 0.366 e. The van der Waals surface area contributed by atoms with E-state index in [0.29, 0.717) is 23.8 Å². The molecule has 1 N–H and O–H groups in total. The van der Waals surface area contributed by atoms with Crippen molar-refractivity contribution in [3.05, 3.63) is 46.4 Å². The molecule has 0 atom stereocenters. The number of halogens is 3. The lowest BCUT2D eigenvalue weighted by Crippen LogP contribution is -2.30. The van der Waals surface area contributed by atoms with Gasteiger partial charge in [0, 0.05) is 25.7 Å². The number of nitrogens with one attached hydrogen (secondary N) is 1. The number of carbonyl (C=O) groups excluding carboxylic acids is 1. The molecule has 1 aliphatic heterocycles. The van der Waals surface area contributed by atoms with Crippen LogP contribution in [0.15, 0.2) is 24.4 Å². The number of aryl methyl sites for hydroxylation is 1. The first-order chi connectivity index (χ1) is 13.6. The molecule has 0 unspecified atom stereocenters. The molecule has 0 radical (unpaired) electrons. The van der Waals surface area contributed by atoms with Gasteiger partial charge in [-0.25, -0.2) is 13.8 Å². The molecule has 29 heavy (non-hydrogen) atoms. The molecule has 0 aliphatic carbocycles. The molecule has 5 nitrogen and oxygen atoms in total. The van der Waals surface area contributed by atoms with Crippen LogP contribution in [0.25, 0.3) is 0 Å². The first-order valence-electron chi connectivity index (χ1n) is 9.59. The Morgan fingerprint density at radius 2 is 2.10 bits per heavy atom. The zero-order chi connectivity index (χ0) is 21.2. The number of aromatic nitrogens is 2. The van der Waals surface area contributed by atoms with Crippen LogP contribution in [0.5, 0.6) is 0 Å². The lowest BCUT2D eigenvalue weighted by Gasteiger charge is -2.31. The molecule has 2 aromatic rings. The predicted octanol–water partition coefficient (Wildman–Crippen LogP) is 5.40. The van der Waals surface area contributed by atoms with Crippen LogP contribution < -0.4 is 10.2 Å². The maximum Gasteiger partial charge on any atom is 0.280 e. The normalized spacial score (nSPS) is 14.1. The maximum absolute atomic E-state index is 12.7. The van der Waals surface area contributed by atoms with Crippen LogP contribution in [0.1, 0.15) is 57.0 Å². The minimum Gasteiger partial charge on any atom is -0.366 e. The molecule has 0 bridgehead atoms. The standard InChI is InChI=1S/C21H25ClF2N4O/c1-21(2,3)10-18(29)27-20-14(22)9-17-15(26-20)5-4-8-28(17)12-13-6-7-16(19(23)24)25-11-13/h6-7,9,11,19H,4-5,8,10,12H2,1-3H3,(H,26,27,29). The predicted molar refractivity (Wildman–Crippen MR) is 111 cm³/mol. The van der Waals surface area contributed by atoms with Gasteiger partial charge in [0.15, 0.2) is 5.82 Å². The number of rotatable bonds is 5. The number of hydrogen-bond acceptors (Lipinski definition) is 4. The van der Waals surface area contributed by atoms with Gasteiger partial charge < -0.3 is 10.2 Å². The van der Waals surface area contributed by atoms with E-state index >= 15 is 0 Å². The van der Waals surface area contributed by atoms with Gasteiger partial charge in [-0.1, -0.05) is 38.4 Å². The molecule has 0 spiro atoms. The molecule has 2 aromatic heterocycles. The van der Waals surface area contributed by atoms with Crippen LogP contribution in [-0.2, 0) is 17.8 Å². The summed E-state index contributed by atoms with van der Waals surface area (Å²) in [6, 6.07) is 4.83. The average molecular weight is 423 g/mol. The molecule has 1 aliphatic rings. The third-order valence-corrected chi connectivity index (χ3v) is 4.90. The Morgan fingerprint density at radius 1 is 1.34 bits per heavy atom. The molecule has 8 heteroatoms. The van der Waals surface area contributed by atoms with Crippen LogP contribution in [0.2, 0.25) is 5.02 Å². The van der Waals surface area contributed by atoms with Gasteiger partial charge in [-0.05, 0) is 36.0 Å². The van der Waals surface area contributed by atoms with E-state index in [1.807, 2.05) is 26.8 Å². The smallest absolute Gasteiger partial charge is 0.280 e. The van der Waals surface area contributed by atoms with Crippen molar-refractivity contribution < 1.29 is 13.6 Å². The molecule has 3 rings (SSSR count). The Balaban J connectivity index is 1.77. The Labute approximate surface area is 174 Å². The second kappa shape index (κ2) is 8.61. The third kappa shape index (κ3) is 5.63. The fraction of sp³-hybridized carbons (Fsp3) is 0.476. The molecule has 0 saturated heterocycles. The van der Waals surface area contributed by atoms with Crippen molar-refractivity contribution in [1.82, 2.24) is 9.97 Å². The molecule has 156 valence electrons. The Hall–Kier alpha value is -2.28. The molecule has 0 fully saturated rings. The van der Waals surface area contributed by atoms with Crippen LogP contribution in [-0.4, -0.2) is 22.4 Å². The van der Waals surface area contributed by atoms with Gasteiger partial charge in [-0.3, -0.25) is 9.78 Å². The van der Waals surface area contributed by atoms with Crippen LogP contribution in [0, 0.1) is 5.41 Å². The SMILES string of the molecule is CC(C)(C)CC(=O)Nc1nc2c(cc1Cl)N(Cc1ccc(C(F)F)nc1)CCC2. The highest BCUT2D eigenvalue weighted by atomic mass is 35.5. The summed E-state index contributed by atoms with van der Waals surface area (Å²) in [7, 11) is 0. The van der Waals surface area contributed by atoms with E-state index in [2.05, 4.69) is 20.2 Å². The van der Waals surface area contributed by atoms with Crippen molar-refractivity contribution in [2.24, 2.45) is 5.41 Å². The average Bonchev–Trinajstić information content (AvgIpc) is 2.62. The highest BCUT2D eigenvalue weighted by Gasteiger charge is 2.23. The van der Waals surface area contributed by atoms with Crippen molar-refractivity contribution in [3.8, 4) is 0 Å². The highest BCUT2D eigenvalue weighted by Crippen LogP contribution is 2.34. The number of hydrogen-bond donors (Lipinski definition) is 1. The van der Waals surface area contributed by atoms with E-state index in [1.54, 1.807) is 6.07 Å². The monoisotopic (exact) mass is 422 g/mol. The first kappa shape index (κ1) is 21.4. The van der Waals surface area contributed by atoms with E-state index < -0.39 is 6.43 Å². The first-order valence-corrected chi connectivity index (χ1v) is 9.97. The lowest BCUT2D eigenvalue weighted by atomic mass is 9.92. The number of pyridine rings is 2. The molecule has 0 saturated carbocycles. The van der Waals surface area contributed by atoms with Crippen molar-refractivity contribution in [2.45, 2.75) is 53.0 Å². The Morgan fingerprint density at radius 3 is 2.72 bits per heavy atom. The van der Waals surface area contributed by atoms with Gasteiger partial charge in [0.05, 0.1) is 16.4 Å². The number of nitrogens with zero attached hydrogens (tertiary/aromatic N) is 3. The van der Waals surface area contributed by atoms with Crippen LogP contribution >= 0.6 is 11.6 Å². The molecular formula is C21H25ClF2N4O. The number of anilines is 2. The zero-order valence-electron chi connectivity index (χ0n) is 16.8. The fourth-order valence-corrected chi connectivity index (χ4v) is 3.51. The number of fused-ring (bicyclic) bond motifs is 1. The zero-order valence-corrected chi connectivity index (χ0v) is 17.6. The van der Waals surface area contributed by atoms with Gasteiger partial charge in [-0.2, -0.15) is 0 Å². The summed E-state index contributed by atoms with van der Waals surface area (Å²) in [6.45, 7) is 7.31. The second-order valence-corrected chi connectivity index (χ2v) is 8.89. The van der Waals surface area contributed by atoms with Gasteiger partial charge in [0.25, 0.3) is 6.43 Å². The summed E-state index contributed by atoms with van der Waals surface area (Å²) in [5.41, 5.74) is 2.24. The summed E-state index contributed by atoms with van der Waals surface area (Å²) in [5, 5.41) is 3.20. The van der Waals surface area contributed by atoms with E-state index in [4.69, 9.17) is 11.6 Å². The molecular weight excluding hydrogens is 398 g/mol. The summed E-state index contributed by atoms with van der Waals surface area (Å²) < 4.78 is 25.4. The maximum atomic E-state index is 12.7. The second-order valence-electron chi connectivity index (χ2n) is 8.49. The van der Waals surface area contributed by atoms with E-state index in [9.17, 15) is 13.6 Å². The van der Waals surface area contributed by atoms with Gasteiger partial charge >= 0.3 is 0 Å². The number of carbonyl (C=O) groups is 1. The Bertz CT molecular complexity index is 881.